The second kappa shape index (κ2) is 18.9. The van der Waals surface area contributed by atoms with Gasteiger partial charge in [-0.05, 0) is 6.42 Å². The van der Waals surface area contributed by atoms with Crippen LogP contribution in [0.15, 0.2) is 0 Å². The molecule has 0 aliphatic rings. The van der Waals surface area contributed by atoms with E-state index in [4.69, 9.17) is 11.5 Å². The zero-order chi connectivity index (χ0) is 48.8. The zero-order valence-corrected chi connectivity index (χ0v) is 27.9. The molecular formula is C23H21F26N5O6. The Balaban J connectivity index is 0. The Morgan fingerprint density at radius 3 is 0.833 bits per heavy atom. The summed E-state index contributed by atoms with van der Waals surface area (Å²) in [6.45, 7) is -5.66. The highest BCUT2D eigenvalue weighted by molar-refractivity contribution is 5.85. The summed E-state index contributed by atoms with van der Waals surface area (Å²) >= 11 is 0. The molecule has 0 spiro atoms. The van der Waals surface area contributed by atoms with E-state index in [1.807, 2.05) is 0 Å². The van der Waals surface area contributed by atoms with E-state index in [-0.39, 0.29) is 12.8 Å². The summed E-state index contributed by atoms with van der Waals surface area (Å²) in [5.41, 5.74) is 9.58. The molecule has 0 aromatic rings. The predicted octanol–water partition coefficient (Wildman–Crippen LogP) is 5.28. The fourth-order valence-corrected chi connectivity index (χ4v) is 3.00. The molecule has 0 saturated carbocycles. The highest BCUT2D eigenvalue weighted by Gasteiger charge is 2.85. The second-order valence-corrected chi connectivity index (χ2v) is 10.8. The first-order valence-corrected chi connectivity index (χ1v) is 14.2. The standard InChI is InChI=1S/C18H11F26N3O4.C5H10N2O2/c19-7(20,9(23,24)17(41,42)50-11(27,13(29,30)31)14(32,33)34)5(48)46-3-1-45-2-4-47-6(49)8(21,22)10(25,26)18(43,44)51-12(28,15(35,36)37)16(38,39)40;6-4(8)2-1-3-5(7)9/h45H,1-4H2,(H,46,48)(H,47,49);1-3H2,(H2,6,8)(H2,7,9). The van der Waals surface area contributed by atoms with E-state index in [1.54, 1.807) is 5.32 Å². The highest BCUT2D eigenvalue weighted by atomic mass is 19.4. The van der Waals surface area contributed by atoms with E-state index < -0.39 is 122 Å². The third-order valence-electron chi connectivity index (χ3n) is 6.11. The monoisotopic (exact) mass is 957 g/mol. The summed E-state index contributed by atoms with van der Waals surface area (Å²) in [5.74, 6) is -53.2. The number of primary amides is 2. The predicted molar refractivity (Wildman–Crippen MR) is 135 cm³/mol. The minimum absolute atomic E-state index is 0.239. The van der Waals surface area contributed by atoms with E-state index in [2.05, 4.69) is 0 Å². The molecule has 37 heteroatoms. The van der Waals surface area contributed by atoms with Gasteiger partial charge in [-0.1, -0.05) is 0 Å². The minimum Gasteiger partial charge on any atom is -0.370 e. The van der Waals surface area contributed by atoms with E-state index in [0.29, 0.717) is 17.1 Å². The summed E-state index contributed by atoms with van der Waals surface area (Å²) in [6.07, 6.45) is -45.3. The van der Waals surface area contributed by atoms with Crippen molar-refractivity contribution in [1.82, 2.24) is 16.0 Å². The number of carbonyl (C=O) groups excluding carboxylic acids is 4. The molecule has 0 saturated heterocycles. The number of ether oxygens (including phenoxy) is 2. The van der Waals surface area contributed by atoms with E-state index >= 15 is 0 Å². The Hall–Kier alpha value is -4.06. The van der Waals surface area contributed by atoms with Crippen LogP contribution in [0, 0.1) is 0 Å². The van der Waals surface area contributed by atoms with Gasteiger partial charge in [0.2, 0.25) is 11.8 Å². The third-order valence-corrected chi connectivity index (χ3v) is 6.11. The lowest BCUT2D eigenvalue weighted by Crippen LogP contribution is -2.67. The Morgan fingerprint density at radius 2 is 0.633 bits per heavy atom. The van der Waals surface area contributed by atoms with Crippen molar-refractivity contribution in [2.24, 2.45) is 11.5 Å². The van der Waals surface area contributed by atoms with Crippen molar-refractivity contribution < 1.29 is 143 Å². The van der Waals surface area contributed by atoms with Gasteiger partial charge in [-0.25, -0.2) is 0 Å². The molecule has 0 aromatic carbocycles. The van der Waals surface area contributed by atoms with Gasteiger partial charge in [0, 0.05) is 39.0 Å². The molecule has 7 N–H and O–H groups in total. The topological polar surface area (TPSA) is 175 Å². The van der Waals surface area contributed by atoms with E-state index in [9.17, 15) is 133 Å². The lowest BCUT2D eigenvalue weighted by Gasteiger charge is -2.37. The lowest BCUT2D eigenvalue weighted by atomic mass is 10.1. The normalized spacial score (nSPS) is 14.6. The van der Waals surface area contributed by atoms with Crippen LogP contribution >= 0.6 is 0 Å². The lowest BCUT2D eigenvalue weighted by molar-refractivity contribution is -0.512. The fourth-order valence-electron chi connectivity index (χ4n) is 3.00. The molecule has 0 aliphatic heterocycles. The fraction of sp³-hybridized carbons (Fsp3) is 0.826. The van der Waals surface area contributed by atoms with Crippen LogP contribution in [0.4, 0.5) is 114 Å². The Morgan fingerprint density at radius 1 is 0.400 bits per heavy atom. The number of hydrogen-bond donors (Lipinski definition) is 5. The Bertz CT molecular complexity index is 1340. The van der Waals surface area contributed by atoms with Gasteiger partial charge in [-0.3, -0.25) is 28.7 Å². The average Bonchev–Trinajstić information content (AvgIpc) is 3.00. The largest absolute Gasteiger partial charge is 0.458 e. The van der Waals surface area contributed by atoms with Crippen LogP contribution in [-0.2, 0) is 28.7 Å². The average molecular weight is 957 g/mol. The number of alkyl halides is 26. The van der Waals surface area contributed by atoms with Crippen LogP contribution in [0.3, 0.4) is 0 Å². The van der Waals surface area contributed by atoms with Crippen molar-refractivity contribution in [1.29, 1.82) is 0 Å². The number of hydrogen-bond acceptors (Lipinski definition) is 7. The first kappa shape index (κ1) is 58.0. The van der Waals surface area contributed by atoms with Crippen molar-refractivity contribution in [3.8, 4) is 0 Å². The van der Waals surface area contributed by atoms with Gasteiger partial charge >= 0.3 is 72.3 Å². The van der Waals surface area contributed by atoms with Crippen LogP contribution in [0.2, 0.25) is 0 Å². The molecule has 356 valence electrons. The van der Waals surface area contributed by atoms with Gasteiger partial charge in [-0.15, -0.1) is 0 Å². The summed E-state index contributed by atoms with van der Waals surface area (Å²) in [6, 6.07) is 0. The van der Waals surface area contributed by atoms with Crippen molar-refractivity contribution in [2.45, 2.75) is 91.6 Å². The number of nitrogens with two attached hydrogens (primary N) is 2. The van der Waals surface area contributed by atoms with Gasteiger partial charge in [0.15, 0.2) is 0 Å². The first-order chi connectivity index (χ1) is 26.1. The van der Waals surface area contributed by atoms with Crippen LogP contribution in [0.1, 0.15) is 19.3 Å². The molecule has 0 unspecified atom stereocenters. The third kappa shape index (κ3) is 13.0. The number of nitrogens with one attached hydrogen (secondary N) is 3. The summed E-state index contributed by atoms with van der Waals surface area (Å²) < 4.78 is 340. The number of amides is 4. The van der Waals surface area contributed by atoms with Crippen molar-refractivity contribution >= 4 is 23.6 Å². The molecule has 0 aromatic heterocycles. The van der Waals surface area contributed by atoms with E-state index in [0.717, 1.165) is 0 Å². The number of halogens is 26. The second-order valence-electron chi connectivity index (χ2n) is 10.8. The Labute approximate surface area is 312 Å². The smallest absolute Gasteiger partial charge is 0.370 e. The van der Waals surface area contributed by atoms with Crippen LogP contribution in [-0.4, -0.2) is 122 Å². The molecule has 0 radical (unpaired) electrons. The molecule has 0 fully saturated rings. The summed E-state index contributed by atoms with van der Waals surface area (Å²) in [7, 11) is 0. The number of carbonyl (C=O) groups is 4. The molecule has 0 rings (SSSR count). The molecule has 0 heterocycles. The summed E-state index contributed by atoms with van der Waals surface area (Å²) in [5, 5.41) is 2.77. The van der Waals surface area contributed by atoms with Crippen LogP contribution in [0.25, 0.3) is 0 Å². The van der Waals surface area contributed by atoms with Gasteiger partial charge in [-0.2, -0.15) is 114 Å². The maximum absolute atomic E-state index is 13.7. The van der Waals surface area contributed by atoms with Gasteiger partial charge in [0.05, 0.1) is 0 Å². The first-order valence-electron chi connectivity index (χ1n) is 14.2. The SMILES string of the molecule is NC(=O)CCCC(N)=O.O=C(NCCNCCNC(=O)C(F)(F)C(F)(F)C(F)(F)OC(F)(C(F)(F)F)C(F)(F)F)C(F)(F)C(F)(F)C(F)(F)OC(F)(C(F)(F)F)C(F)(F)F. The number of rotatable bonds is 20. The van der Waals surface area contributed by atoms with Gasteiger partial charge < -0.3 is 27.4 Å². The van der Waals surface area contributed by atoms with Crippen molar-refractivity contribution in [3.05, 3.63) is 0 Å². The van der Waals surface area contributed by atoms with Crippen LogP contribution in [0.5, 0.6) is 0 Å². The summed E-state index contributed by atoms with van der Waals surface area (Å²) in [4.78, 5) is 42.6. The minimum atomic E-state index is -7.79. The highest BCUT2D eigenvalue weighted by Crippen LogP contribution is 2.56. The molecule has 60 heavy (non-hydrogen) atoms. The van der Waals surface area contributed by atoms with Crippen LogP contribution < -0.4 is 27.4 Å². The van der Waals surface area contributed by atoms with E-state index in [1.165, 1.54) is 9.47 Å². The molecule has 4 amide bonds. The zero-order valence-electron chi connectivity index (χ0n) is 27.9. The van der Waals surface area contributed by atoms with Gasteiger partial charge in [0.25, 0.3) is 11.8 Å². The molecule has 0 atom stereocenters. The maximum Gasteiger partial charge on any atom is 0.458 e. The van der Waals surface area contributed by atoms with Crippen molar-refractivity contribution in [3.63, 3.8) is 0 Å². The molecule has 0 bridgehead atoms. The molecular weight excluding hydrogens is 936 g/mol. The Kier molecular flexibility index (Phi) is 18.3. The van der Waals surface area contributed by atoms with Crippen molar-refractivity contribution in [2.75, 3.05) is 26.2 Å². The molecule has 0 aliphatic carbocycles. The quantitative estimate of drug-likeness (QED) is 0.0816. The van der Waals surface area contributed by atoms with Gasteiger partial charge in [0.1, 0.15) is 0 Å². The maximum atomic E-state index is 13.7. The molecule has 11 nitrogen and oxygen atoms in total.